The molecule has 0 atom stereocenters. The Hall–Kier alpha value is -5.35. The van der Waals surface area contributed by atoms with Gasteiger partial charge in [-0.25, -0.2) is 0 Å². The molecule has 0 saturated heterocycles. The van der Waals surface area contributed by atoms with Crippen LogP contribution in [0, 0.1) is 0 Å². The van der Waals surface area contributed by atoms with E-state index in [9.17, 15) is 0 Å². The molecule has 1 heterocycles. The summed E-state index contributed by atoms with van der Waals surface area (Å²) in [6, 6.07) is 15.9. The fraction of sp³-hybridized carbons (Fsp3) is 0. The van der Waals surface area contributed by atoms with E-state index in [2.05, 4.69) is 20.3 Å². The van der Waals surface area contributed by atoms with Crippen LogP contribution in [0.5, 0.6) is 0 Å². The molecule has 0 aliphatic carbocycles. The normalized spacial score (nSPS) is 14.6. The predicted molar refractivity (Wildman–Crippen MR) is 171 cm³/mol. The van der Waals surface area contributed by atoms with Crippen LogP contribution in [0.2, 0.25) is 0 Å². The smallest absolute Gasteiger partial charge is 0.0717 e. The lowest BCUT2D eigenvalue weighted by molar-refractivity contribution is 1.50. The maximum Gasteiger partial charge on any atom is 0.0717 e. The summed E-state index contributed by atoms with van der Waals surface area (Å²) < 4.78 is 0. The zero-order valence-corrected chi connectivity index (χ0v) is 21.7. The summed E-state index contributed by atoms with van der Waals surface area (Å²) in [5.74, 6) is 0. The Kier molecular flexibility index (Phi) is 13.6. The average molecular weight is 509 g/mol. The lowest BCUT2D eigenvalue weighted by Crippen LogP contribution is -1.92. The van der Waals surface area contributed by atoms with Gasteiger partial charge in [-0.1, -0.05) is 115 Å². The molecule has 0 bridgehead atoms. The minimum Gasteiger partial charge on any atom is -0.361 e. The summed E-state index contributed by atoms with van der Waals surface area (Å²) in [7, 11) is 0. The van der Waals surface area contributed by atoms with E-state index < -0.39 is 0 Å². The number of allylic oxidation sites excluding steroid dienone is 17. The van der Waals surface area contributed by atoms with E-state index in [-0.39, 0.29) is 0 Å². The van der Waals surface area contributed by atoms with Crippen LogP contribution >= 0.6 is 0 Å². The van der Waals surface area contributed by atoms with Crippen LogP contribution < -0.4 is 5.32 Å². The van der Waals surface area contributed by atoms with Crippen LogP contribution in [0.4, 0.5) is 11.4 Å². The first-order valence-electron chi connectivity index (χ1n) is 12.6. The second kappa shape index (κ2) is 18.9. The first-order valence-corrected chi connectivity index (χ1v) is 12.6. The molecular formula is C35H32N4. The monoisotopic (exact) mass is 508 g/mol. The summed E-state index contributed by atoms with van der Waals surface area (Å²) >= 11 is 0. The van der Waals surface area contributed by atoms with E-state index >= 15 is 0 Å². The highest BCUT2D eigenvalue weighted by atomic mass is 14.8. The van der Waals surface area contributed by atoms with E-state index in [1.807, 2.05) is 164 Å². The highest BCUT2D eigenvalue weighted by Gasteiger charge is 1.95. The maximum absolute atomic E-state index is 4.54. The van der Waals surface area contributed by atoms with Crippen molar-refractivity contribution in [3.8, 4) is 0 Å². The van der Waals surface area contributed by atoms with Gasteiger partial charge in [0.1, 0.15) is 0 Å². The van der Waals surface area contributed by atoms with Gasteiger partial charge in [0, 0.05) is 54.1 Å². The number of nitrogens with one attached hydrogen (secondary N) is 1. The number of fused-ring (bicyclic) bond motifs is 2. The summed E-state index contributed by atoms with van der Waals surface area (Å²) in [6.07, 6.45) is 43.9. The Bertz CT molecular complexity index is 1420. The van der Waals surface area contributed by atoms with E-state index in [0.29, 0.717) is 0 Å². The van der Waals surface area contributed by atoms with Gasteiger partial charge in [0.05, 0.1) is 5.69 Å². The third kappa shape index (κ3) is 12.4. The molecule has 0 amide bonds. The van der Waals surface area contributed by atoms with Crippen molar-refractivity contribution >= 4 is 30.0 Å². The molecule has 3 rings (SSSR count). The third-order valence-corrected chi connectivity index (χ3v) is 4.97. The largest absolute Gasteiger partial charge is 0.361 e. The van der Waals surface area contributed by atoms with Crippen LogP contribution in [0.1, 0.15) is 11.1 Å². The van der Waals surface area contributed by atoms with Crippen molar-refractivity contribution in [2.45, 2.75) is 0 Å². The van der Waals surface area contributed by atoms with Crippen molar-refractivity contribution < 1.29 is 0 Å². The first kappa shape index (κ1) is 28.2. The van der Waals surface area contributed by atoms with Crippen molar-refractivity contribution in [2.24, 2.45) is 15.0 Å². The Balaban J connectivity index is 1.71. The van der Waals surface area contributed by atoms with Crippen LogP contribution in [-0.2, 0) is 0 Å². The second-order valence-corrected chi connectivity index (χ2v) is 7.86. The van der Waals surface area contributed by atoms with Gasteiger partial charge in [-0.2, -0.15) is 0 Å². The summed E-state index contributed by atoms with van der Waals surface area (Å²) in [6.45, 7) is 0. The van der Waals surface area contributed by atoms with Gasteiger partial charge >= 0.3 is 0 Å². The predicted octanol–water partition coefficient (Wildman–Crippen LogP) is 8.79. The number of hydrogen-bond donors (Lipinski definition) is 1. The molecule has 0 saturated carbocycles. The summed E-state index contributed by atoms with van der Waals surface area (Å²) in [5.41, 5.74) is 3.80. The molecule has 39 heavy (non-hydrogen) atoms. The SMILES string of the molecule is C1=CC=CC=CNc2ccccc2C=NC=CC=CC=CC=CC=CN=Cc2ccccc2N=CC=CC=C1. The van der Waals surface area contributed by atoms with E-state index in [0.717, 1.165) is 22.5 Å². The highest BCUT2D eigenvalue weighted by Crippen LogP contribution is 2.16. The van der Waals surface area contributed by atoms with Crippen LogP contribution in [0.15, 0.2) is 185 Å². The molecule has 0 spiro atoms. The summed E-state index contributed by atoms with van der Waals surface area (Å²) in [5, 5.41) is 3.30. The van der Waals surface area contributed by atoms with Gasteiger partial charge in [-0.05, 0) is 36.4 Å². The van der Waals surface area contributed by atoms with Crippen molar-refractivity contribution in [1.82, 2.24) is 0 Å². The Labute approximate surface area is 231 Å². The van der Waals surface area contributed by atoms with Crippen LogP contribution in [-0.4, -0.2) is 18.6 Å². The molecule has 1 aliphatic heterocycles. The number of hydrogen-bond acceptors (Lipinski definition) is 4. The van der Waals surface area contributed by atoms with Crippen molar-refractivity contribution in [3.63, 3.8) is 0 Å². The molecule has 192 valence electrons. The van der Waals surface area contributed by atoms with E-state index in [1.165, 1.54) is 0 Å². The zero-order valence-electron chi connectivity index (χ0n) is 21.7. The van der Waals surface area contributed by atoms with Gasteiger partial charge in [-0.15, -0.1) is 0 Å². The molecule has 2 aromatic rings. The number of aliphatic imine (C=N–C) groups is 3. The number of nitrogens with zero attached hydrogens (tertiary/aromatic N) is 3. The maximum atomic E-state index is 4.54. The molecular weight excluding hydrogens is 476 g/mol. The van der Waals surface area contributed by atoms with Gasteiger partial charge in [0.15, 0.2) is 0 Å². The molecule has 0 aromatic heterocycles. The van der Waals surface area contributed by atoms with Gasteiger partial charge in [-0.3, -0.25) is 15.0 Å². The molecule has 1 N–H and O–H groups in total. The quantitative estimate of drug-likeness (QED) is 0.380. The van der Waals surface area contributed by atoms with Crippen molar-refractivity contribution in [1.29, 1.82) is 0 Å². The molecule has 2 aromatic carbocycles. The second-order valence-electron chi connectivity index (χ2n) is 7.86. The molecule has 4 nitrogen and oxygen atoms in total. The molecule has 0 unspecified atom stereocenters. The fourth-order valence-electron chi connectivity index (χ4n) is 3.10. The number of rotatable bonds is 0. The third-order valence-electron chi connectivity index (χ3n) is 4.97. The van der Waals surface area contributed by atoms with Crippen LogP contribution in [0.3, 0.4) is 0 Å². The summed E-state index contributed by atoms with van der Waals surface area (Å²) in [4.78, 5) is 13.3. The Morgan fingerprint density at radius 1 is 0.436 bits per heavy atom. The molecule has 1 aliphatic rings. The number of para-hydroxylation sites is 2. The Morgan fingerprint density at radius 2 is 0.923 bits per heavy atom. The Morgan fingerprint density at radius 3 is 1.59 bits per heavy atom. The number of benzene rings is 2. The van der Waals surface area contributed by atoms with Crippen molar-refractivity contribution in [2.75, 3.05) is 5.32 Å². The fourth-order valence-corrected chi connectivity index (χ4v) is 3.10. The van der Waals surface area contributed by atoms with Crippen LogP contribution in [0.25, 0.3) is 0 Å². The van der Waals surface area contributed by atoms with E-state index in [1.54, 1.807) is 24.8 Å². The topological polar surface area (TPSA) is 49.1 Å². The van der Waals surface area contributed by atoms with E-state index in [4.69, 9.17) is 0 Å². The highest BCUT2D eigenvalue weighted by molar-refractivity contribution is 5.89. The number of anilines is 1. The zero-order chi connectivity index (χ0) is 27.1. The minimum absolute atomic E-state index is 0.861. The van der Waals surface area contributed by atoms with Gasteiger partial charge in [0.2, 0.25) is 0 Å². The lowest BCUT2D eigenvalue weighted by Gasteiger charge is -2.03. The van der Waals surface area contributed by atoms with Crippen molar-refractivity contribution in [3.05, 3.63) is 182 Å². The van der Waals surface area contributed by atoms with Gasteiger partial charge in [0.25, 0.3) is 0 Å². The average Bonchev–Trinajstić information content (AvgIpc) is 2.96. The molecule has 4 heteroatoms. The minimum atomic E-state index is 0.861. The standard InChI is InChI=1S/C35H32N4/c1-2-8-12-20-28-38-34-24-16-14-22-32(34)30-36-26-18-10-6-4-5-7-11-19-27-37-31-33-23-15-17-25-35(33)39-29-21-13-9-3-1/h1-31,38H. The lowest BCUT2D eigenvalue weighted by atomic mass is 10.2. The van der Waals surface area contributed by atoms with Gasteiger partial charge < -0.3 is 5.32 Å². The molecule has 0 radical (unpaired) electrons. The molecule has 0 fully saturated rings. The first-order chi connectivity index (χ1) is 19.4.